The van der Waals surface area contributed by atoms with E-state index >= 15 is 0 Å². The van der Waals surface area contributed by atoms with Gasteiger partial charge in [0, 0.05) is 35.1 Å². The van der Waals surface area contributed by atoms with E-state index in [1.807, 2.05) is 0 Å². The zero-order chi connectivity index (χ0) is 11.6. The second kappa shape index (κ2) is 5.75. The highest BCUT2D eigenvalue weighted by Gasteiger charge is 2.46. The van der Waals surface area contributed by atoms with E-state index in [9.17, 15) is 0 Å². The smallest absolute Gasteiger partial charge is 0.0263 e. The summed E-state index contributed by atoms with van der Waals surface area (Å²) in [6, 6.07) is 0.871. The van der Waals surface area contributed by atoms with Gasteiger partial charge in [-0.2, -0.15) is 23.5 Å². The Morgan fingerprint density at radius 3 is 2.59 bits per heavy atom. The quantitative estimate of drug-likeness (QED) is 0.843. The first kappa shape index (κ1) is 12.7. The van der Waals surface area contributed by atoms with Gasteiger partial charge in [-0.1, -0.05) is 19.3 Å². The Labute approximate surface area is 114 Å². The molecule has 0 aromatic rings. The summed E-state index contributed by atoms with van der Waals surface area (Å²) in [5.41, 5.74) is 0.741. The molecule has 2 saturated carbocycles. The first-order chi connectivity index (χ1) is 8.39. The molecular weight excluding hydrogens is 246 g/mol. The first-order valence-corrected chi connectivity index (χ1v) is 9.52. The van der Waals surface area contributed by atoms with Gasteiger partial charge < -0.3 is 5.32 Å². The average Bonchev–Trinajstić information content (AvgIpc) is 2.40. The van der Waals surface area contributed by atoms with E-state index in [-0.39, 0.29) is 0 Å². The Bertz CT molecular complexity index is 245. The predicted octanol–water partition coefficient (Wildman–Crippen LogP) is 3.54. The van der Waals surface area contributed by atoms with Gasteiger partial charge in [0.25, 0.3) is 0 Å². The summed E-state index contributed by atoms with van der Waals surface area (Å²) in [5.74, 6) is 4.11. The molecule has 1 spiro atoms. The van der Waals surface area contributed by atoms with Crippen molar-refractivity contribution in [2.75, 3.05) is 23.8 Å². The van der Waals surface area contributed by atoms with Gasteiger partial charge in [0.15, 0.2) is 0 Å². The minimum Gasteiger partial charge on any atom is -0.312 e. The maximum Gasteiger partial charge on any atom is 0.0263 e. The van der Waals surface area contributed by atoms with Crippen molar-refractivity contribution < 1.29 is 0 Å². The van der Waals surface area contributed by atoms with Gasteiger partial charge in [-0.05, 0) is 31.1 Å². The Morgan fingerprint density at radius 2 is 1.94 bits per heavy atom. The van der Waals surface area contributed by atoms with Crippen LogP contribution in [0, 0.1) is 5.41 Å². The van der Waals surface area contributed by atoms with Crippen LogP contribution in [0.15, 0.2) is 0 Å². The highest BCUT2D eigenvalue weighted by atomic mass is 32.2. The number of hydrogen-bond donors (Lipinski definition) is 1. The fourth-order valence-electron chi connectivity index (χ4n) is 3.80. The number of rotatable bonds is 3. The third-order valence-electron chi connectivity index (χ3n) is 5.00. The lowest BCUT2D eigenvalue weighted by Crippen LogP contribution is -2.55. The molecule has 1 nitrogen and oxygen atoms in total. The minimum absolute atomic E-state index is 0.741. The monoisotopic (exact) mass is 271 g/mol. The zero-order valence-electron chi connectivity index (χ0n) is 10.7. The van der Waals surface area contributed by atoms with Crippen LogP contribution in [0.5, 0.6) is 0 Å². The van der Waals surface area contributed by atoms with Crippen LogP contribution < -0.4 is 5.32 Å². The molecule has 0 bridgehead atoms. The molecule has 2 aliphatic carbocycles. The summed E-state index contributed by atoms with van der Waals surface area (Å²) < 4.78 is 0. The topological polar surface area (TPSA) is 12.0 Å². The third-order valence-corrected chi connectivity index (χ3v) is 7.84. The van der Waals surface area contributed by atoms with Crippen molar-refractivity contribution in [2.24, 2.45) is 5.41 Å². The van der Waals surface area contributed by atoms with Gasteiger partial charge in [-0.3, -0.25) is 0 Å². The Hall–Kier alpha value is 0.660. The molecule has 1 aliphatic heterocycles. The maximum absolute atomic E-state index is 3.92. The maximum atomic E-state index is 3.92. The van der Waals surface area contributed by atoms with E-state index in [2.05, 4.69) is 28.8 Å². The van der Waals surface area contributed by atoms with Gasteiger partial charge in [0.2, 0.25) is 0 Å². The summed E-state index contributed by atoms with van der Waals surface area (Å²) in [5, 5.41) is 4.80. The average molecular weight is 271 g/mol. The molecular formula is C14H25NS2. The van der Waals surface area contributed by atoms with Crippen LogP contribution in [0.1, 0.15) is 44.9 Å². The minimum atomic E-state index is 0.741. The fourth-order valence-corrected chi connectivity index (χ4v) is 6.42. The van der Waals surface area contributed by atoms with Crippen molar-refractivity contribution in [3.8, 4) is 0 Å². The summed E-state index contributed by atoms with van der Waals surface area (Å²) in [6.45, 7) is 1.27. The van der Waals surface area contributed by atoms with Gasteiger partial charge in [0.05, 0.1) is 0 Å². The Balaban J connectivity index is 1.45. The molecule has 3 fully saturated rings. The van der Waals surface area contributed by atoms with Crippen LogP contribution >= 0.6 is 23.5 Å². The zero-order valence-corrected chi connectivity index (χ0v) is 12.4. The summed E-state index contributed by atoms with van der Waals surface area (Å²) >= 11 is 4.34. The third kappa shape index (κ3) is 2.82. The number of thioether (sulfide) groups is 2. The highest BCUT2D eigenvalue weighted by molar-refractivity contribution is 8.06. The van der Waals surface area contributed by atoms with Crippen molar-refractivity contribution in [3.63, 3.8) is 0 Å². The Kier molecular flexibility index (Phi) is 4.29. The van der Waals surface area contributed by atoms with Crippen LogP contribution in [0.4, 0.5) is 0 Å². The molecule has 0 aromatic carbocycles. The van der Waals surface area contributed by atoms with Crippen molar-refractivity contribution >= 4 is 23.5 Å². The second-order valence-corrected chi connectivity index (χ2v) is 8.55. The first-order valence-electron chi connectivity index (χ1n) is 7.32. The largest absolute Gasteiger partial charge is 0.312 e. The normalized spacial score (nSPS) is 36.7. The van der Waals surface area contributed by atoms with E-state index in [1.54, 1.807) is 0 Å². The van der Waals surface area contributed by atoms with E-state index in [4.69, 9.17) is 0 Å². The molecule has 0 radical (unpaired) electrons. The lowest BCUT2D eigenvalue weighted by atomic mass is 9.57. The molecule has 2 unspecified atom stereocenters. The molecule has 3 rings (SSSR count). The van der Waals surface area contributed by atoms with Crippen molar-refractivity contribution in [2.45, 2.75) is 56.2 Å². The molecule has 17 heavy (non-hydrogen) atoms. The van der Waals surface area contributed by atoms with Crippen LogP contribution in [-0.4, -0.2) is 35.1 Å². The predicted molar refractivity (Wildman–Crippen MR) is 80.1 cm³/mol. The Morgan fingerprint density at radius 1 is 1.06 bits per heavy atom. The SMILES string of the molecule is C1CCC2(CC1)CCC2NCC1CSCCS1. The van der Waals surface area contributed by atoms with Gasteiger partial charge >= 0.3 is 0 Å². The second-order valence-electron chi connectivity index (χ2n) is 5.99. The van der Waals surface area contributed by atoms with Gasteiger partial charge in [0.1, 0.15) is 0 Å². The van der Waals surface area contributed by atoms with Crippen LogP contribution in [0.25, 0.3) is 0 Å². The number of nitrogens with one attached hydrogen (secondary N) is 1. The number of hydrogen-bond acceptors (Lipinski definition) is 3. The standard InChI is InChI=1S/C14H25NS2/c1-2-5-14(6-3-1)7-4-13(14)15-10-12-11-16-8-9-17-12/h12-13,15H,1-11H2. The van der Waals surface area contributed by atoms with E-state index < -0.39 is 0 Å². The van der Waals surface area contributed by atoms with E-state index in [0.29, 0.717) is 0 Å². The van der Waals surface area contributed by atoms with Crippen LogP contribution in [0.2, 0.25) is 0 Å². The molecule has 3 heteroatoms. The molecule has 1 heterocycles. The molecule has 3 aliphatic rings. The molecule has 0 aromatic heterocycles. The lowest BCUT2D eigenvalue weighted by molar-refractivity contribution is 0.0237. The van der Waals surface area contributed by atoms with Gasteiger partial charge in [-0.15, -0.1) is 0 Å². The van der Waals surface area contributed by atoms with Gasteiger partial charge in [-0.25, -0.2) is 0 Å². The fraction of sp³-hybridized carbons (Fsp3) is 1.00. The molecule has 98 valence electrons. The van der Waals surface area contributed by atoms with Crippen molar-refractivity contribution in [3.05, 3.63) is 0 Å². The van der Waals surface area contributed by atoms with E-state index in [1.165, 1.54) is 68.7 Å². The van der Waals surface area contributed by atoms with Crippen LogP contribution in [0.3, 0.4) is 0 Å². The highest BCUT2D eigenvalue weighted by Crippen LogP contribution is 2.51. The molecule has 0 amide bonds. The van der Waals surface area contributed by atoms with Crippen LogP contribution in [-0.2, 0) is 0 Å². The van der Waals surface area contributed by atoms with Crippen molar-refractivity contribution in [1.29, 1.82) is 0 Å². The summed E-state index contributed by atoms with van der Waals surface area (Å²) in [7, 11) is 0. The molecule has 1 saturated heterocycles. The molecule has 1 N–H and O–H groups in total. The van der Waals surface area contributed by atoms with Crippen molar-refractivity contribution in [1.82, 2.24) is 5.32 Å². The van der Waals surface area contributed by atoms with E-state index in [0.717, 1.165) is 16.7 Å². The lowest BCUT2D eigenvalue weighted by Gasteiger charge is -2.53. The summed E-state index contributed by atoms with van der Waals surface area (Å²) in [6.07, 6.45) is 10.5. The molecule has 2 atom stereocenters. The summed E-state index contributed by atoms with van der Waals surface area (Å²) in [4.78, 5) is 0.